The van der Waals surface area contributed by atoms with Gasteiger partial charge in [-0.05, 0) is 31.4 Å². The Balaban J connectivity index is 2.81. The molecule has 0 aromatic heterocycles. The molecule has 0 heterocycles. The lowest BCUT2D eigenvalue weighted by molar-refractivity contribution is 0.0896. The van der Waals surface area contributed by atoms with Crippen molar-refractivity contribution in [2.45, 2.75) is 46.1 Å². The van der Waals surface area contributed by atoms with Gasteiger partial charge in [0.05, 0.1) is 0 Å². The Morgan fingerprint density at radius 1 is 1.19 bits per heavy atom. The summed E-state index contributed by atoms with van der Waals surface area (Å²) in [6.45, 7) is 8.38. The highest BCUT2D eigenvalue weighted by Crippen LogP contribution is 2.16. The molecule has 4 nitrogen and oxygen atoms in total. The van der Waals surface area contributed by atoms with E-state index in [2.05, 4.69) is 19.2 Å². The van der Waals surface area contributed by atoms with Crippen molar-refractivity contribution in [3.8, 4) is 0 Å². The standard InChI is InChI=1S/C17H26N2O2/c1-5-15(20)13-6-8-14(9-7-13)16(21)19-17(4,11-18)10-12(2)3/h6-9,12H,5,10-11,18H2,1-4H3,(H,19,21). The van der Waals surface area contributed by atoms with Crippen LogP contribution in [0.4, 0.5) is 0 Å². The van der Waals surface area contributed by atoms with Crippen molar-refractivity contribution < 1.29 is 9.59 Å². The molecule has 0 fully saturated rings. The molecule has 3 N–H and O–H groups in total. The molecule has 1 atom stereocenters. The molecule has 0 saturated carbocycles. The van der Waals surface area contributed by atoms with Crippen LogP contribution in [0, 0.1) is 5.92 Å². The molecular formula is C17H26N2O2. The number of nitrogens with two attached hydrogens (primary N) is 1. The fourth-order valence-electron chi connectivity index (χ4n) is 2.44. The van der Waals surface area contributed by atoms with Crippen LogP contribution in [-0.4, -0.2) is 23.8 Å². The molecule has 1 aromatic carbocycles. The first-order valence-electron chi connectivity index (χ1n) is 7.47. The Bertz CT molecular complexity index is 494. The number of benzene rings is 1. The molecule has 0 bridgehead atoms. The van der Waals surface area contributed by atoms with E-state index in [0.717, 1.165) is 6.42 Å². The van der Waals surface area contributed by atoms with Gasteiger partial charge in [-0.15, -0.1) is 0 Å². The number of amides is 1. The highest BCUT2D eigenvalue weighted by molar-refractivity contribution is 5.98. The molecule has 1 rings (SSSR count). The maximum Gasteiger partial charge on any atom is 0.251 e. The Kier molecular flexibility index (Phi) is 6.09. The number of nitrogens with one attached hydrogen (secondary N) is 1. The third kappa shape index (κ3) is 4.97. The fraction of sp³-hybridized carbons (Fsp3) is 0.529. The molecule has 21 heavy (non-hydrogen) atoms. The lowest BCUT2D eigenvalue weighted by Gasteiger charge is -2.31. The van der Waals surface area contributed by atoms with Crippen molar-refractivity contribution >= 4 is 11.7 Å². The van der Waals surface area contributed by atoms with Gasteiger partial charge in [0, 0.05) is 29.6 Å². The van der Waals surface area contributed by atoms with Crippen molar-refractivity contribution in [3.63, 3.8) is 0 Å². The van der Waals surface area contributed by atoms with Crippen LogP contribution >= 0.6 is 0 Å². The van der Waals surface area contributed by atoms with Gasteiger partial charge in [0.2, 0.25) is 0 Å². The smallest absolute Gasteiger partial charge is 0.251 e. The summed E-state index contributed by atoms with van der Waals surface area (Å²) >= 11 is 0. The van der Waals surface area contributed by atoms with E-state index in [0.29, 0.717) is 30.0 Å². The van der Waals surface area contributed by atoms with Crippen LogP contribution in [-0.2, 0) is 0 Å². The summed E-state index contributed by atoms with van der Waals surface area (Å²) in [6, 6.07) is 6.76. The van der Waals surface area contributed by atoms with Crippen molar-refractivity contribution in [2.75, 3.05) is 6.54 Å². The Hall–Kier alpha value is -1.68. The second-order valence-corrected chi connectivity index (χ2v) is 6.17. The van der Waals surface area contributed by atoms with Gasteiger partial charge < -0.3 is 11.1 Å². The van der Waals surface area contributed by atoms with Crippen LogP contribution in [0.15, 0.2) is 24.3 Å². The summed E-state index contributed by atoms with van der Waals surface area (Å²) in [7, 11) is 0. The molecule has 1 unspecified atom stereocenters. The normalized spacial score (nSPS) is 13.8. The molecule has 1 amide bonds. The van der Waals surface area contributed by atoms with Crippen molar-refractivity contribution in [1.29, 1.82) is 0 Å². The van der Waals surface area contributed by atoms with Crippen LogP contribution in [0.3, 0.4) is 0 Å². The average Bonchev–Trinajstić information content (AvgIpc) is 2.45. The quantitative estimate of drug-likeness (QED) is 0.758. The predicted octanol–water partition coefficient (Wildman–Crippen LogP) is 2.77. The molecular weight excluding hydrogens is 264 g/mol. The Morgan fingerprint density at radius 3 is 2.14 bits per heavy atom. The van der Waals surface area contributed by atoms with E-state index in [1.165, 1.54) is 0 Å². The molecule has 0 aliphatic carbocycles. The van der Waals surface area contributed by atoms with E-state index < -0.39 is 5.54 Å². The number of hydrogen-bond donors (Lipinski definition) is 2. The van der Waals surface area contributed by atoms with Crippen molar-refractivity contribution in [3.05, 3.63) is 35.4 Å². The Labute approximate surface area is 127 Å². The molecule has 0 spiro atoms. The zero-order valence-corrected chi connectivity index (χ0v) is 13.4. The first kappa shape index (κ1) is 17.4. The van der Waals surface area contributed by atoms with Gasteiger partial charge in [-0.2, -0.15) is 0 Å². The van der Waals surface area contributed by atoms with Crippen LogP contribution in [0.2, 0.25) is 0 Å². The van der Waals surface area contributed by atoms with E-state index in [1.807, 2.05) is 13.8 Å². The topological polar surface area (TPSA) is 72.2 Å². The van der Waals surface area contributed by atoms with Gasteiger partial charge in [-0.3, -0.25) is 9.59 Å². The van der Waals surface area contributed by atoms with Gasteiger partial charge in [-0.1, -0.05) is 32.9 Å². The average molecular weight is 290 g/mol. The number of carbonyl (C=O) groups excluding carboxylic acids is 2. The fourth-order valence-corrected chi connectivity index (χ4v) is 2.44. The summed E-state index contributed by atoms with van der Waals surface area (Å²) in [6.07, 6.45) is 1.28. The van der Waals surface area contributed by atoms with Crippen LogP contribution in [0.5, 0.6) is 0 Å². The summed E-state index contributed by atoms with van der Waals surface area (Å²) in [4.78, 5) is 23.9. The van der Waals surface area contributed by atoms with E-state index in [1.54, 1.807) is 24.3 Å². The summed E-state index contributed by atoms with van der Waals surface area (Å²) in [5, 5.41) is 3.00. The molecule has 0 saturated heterocycles. The number of hydrogen-bond acceptors (Lipinski definition) is 3. The molecule has 0 aliphatic heterocycles. The minimum Gasteiger partial charge on any atom is -0.346 e. The molecule has 1 aromatic rings. The highest BCUT2D eigenvalue weighted by atomic mass is 16.1. The van der Waals surface area contributed by atoms with E-state index >= 15 is 0 Å². The molecule has 0 aliphatic rings. The van der Waals surface area contributed by atoms with E-state index in [9.17, 15) is 9.59 Å². The van der Waals surface area contributed by atoms with Crippen LogP contribution < -0.4 is 11.1 Å². The third-order valence-electron chi connectivity index (χ3n) is 3.51. The zero-order valence-electron chi connectivity index (χ0n) is 13.4. The predicted molar refractivity (Wildman–Crippen MR) is 85.4 cm³/mol. The van der Waals surface area contributed by atoms with Crippen LogP contribution in [0.25, 0.3) is 0 Å². The molecule has 4 heteroatoms. The lowest BCUT2D eigenvalue weighted by Crippen LogP contribution is -2.52. The molecule has 0 radical (unpaired) electrons. The third-order valence-corrected chi connectivity index (χ3v) is 3.51. The lowest BCUT2D eigenvalue weighted by atomic mass is 9.90. The maximum absolute atomic E-state index is 12.3. The first-order valence-corrected chi connectivity index (χ1v) is 7.47. The van der Waals surface area contributed by atoms with Gasteiger partial charge in [0.25, 0.3) is 5.91 Å². The maximum atomic E-state index is 12.3. The van der Waals surface area contributed by atoms with Gasteiger partial charge >= 0.3 is 0 Å². The second-order valence-electron chi connectivity index (χ2n) is 6.17. The number of Topliss-reactive ketones (excluding diaryl/α,β-unsaturated/α-hetero) is 1. The van der Waals surface area contributed by atoms with Crippen molar-refractivity contribution in [2.24, 2.45) is 11.7 Å². The number of carbonyl (C=O) groups is 2. The summed E-state index contributed by atoms with van der Waals surface area (Å²) < 4.78 is 0. The van der Waals surface area contributed by atoms with Crippen molar-refractivity contribution in [1.82, 2.24) is 5.32 Å². The molecule has 116 valence electrons. The first-order chi connectivity index (χ1) is 9.81. The Morgan fingerprint density at radius 2 is 1.71 bits per heavy atom. The number of rotatable bonds is 7. The SMILES string of the molecule is CCC(=O)c1ccc(C(=O)NC(C)(CN)CC(C)C)cc1. The van der Waals surface area contributed by atoms with Gasteiger partial charge in [0.1, 0.15) is 0 Å². The summed E-state index contributed by atoms with van der Waals surface area (Å²) in [5.41, 5.74) is 6.57. The minimum absolute atomic E-state index is 0.0774. The van der Waals surface area contributed by atoms with Gasteiger partial charge in [-0.25, -0.2) is 0 Å². The zero-order chi connectivity index (χ0) is 16.0. The highest BCUT2D eigenvalue weighted by Gasteiger charge is 2.26. The minimum atomic E-state index is -0.414. The van der Waals surface area contributed by atoms with Gasteiger partial charge in [0.15, 0.2) is 5.78 Å². The largest absolute Gasteiger partial charge is 0.346 e. The van der Waals surface area contributed by atoms with E-state index in [4.69, 9.17) is 5.73 Å². The second kappa shape index (κ2) is 7.36. The van der Waals surface area contributed by atoms with Crippen LogP contribution in [0.1, 0.15) is 61.3 Å². The number of ketones is 1. The monoisotopic (exact) mass is 290 g/mol. The van der Waals surface area contributed by atoms with E-state index in [-0.39, 0.29) is 11.7 Å². The summed E-state index contributed by atoms with van der Waals surface area (Å²) in [5.74, 6) is 0.371.